The molecule has 1 N–H and O–H groups in total. The number of nitrogens with zero attached hydrogens (tertiary/aromatic N) is 2. The summed E-state index contributed by atoms with van der Waals surface area (Å²) in [5.41, 5.74) is 2.16. The van der Waals surface area contributed by atoms with E-state index in [0.717, 1.165) is 24.3 Å². The summed E-state index contributed by atoms with van der Waals surface area (Å²) in [4.78, 5) is 0. The molecule has 0 aliphatic rings. The van der Waals surface area contributed by atoms with Crippen molar-refractivity contribution in [1.82, 2.24) is 15.1 Å². The number of halogens is 2. The standard InChI is InChI=1S/C13H15Cl2N3/c1-2-16-8-12-5-6-17-18(12)9-10-3-4-11(14)7-13(10)15/h3-7,16H,2,8-9H2,1H3. The second-order valence-electron chi connectivity index (χ2n) is 4.00. The first-order valence-corrected chi connectivity index (χ1v) is 6.61. The van der Waals surface area contributed by atoms with E-state index in [1.165, 1.54) is 0 Å². The van der Waals surface area contributed by atoms with E-state index in [1.54, 1.807) is 12.3 Å². The van der Waals surface area contributed by atoms with Crippen LogP contribution in [0.5, 0.6) is 0 Å². The van der Waals surface area contributed by atoms with Crippen LogP contribution in [-0.2, 0) is 13.1 Å². The molecule has 0 spiro atoms. The Morgan fingerprint density at radius 1 is 1.28 bits per heavy atom. The Hall–Kier alpha value is -1.03. The highest BCUT2D eigenvalue weighted by molar-refractivity contribution is 6.35. The third kappa shape index (κ3) is 3.25. The van der Waals surface area contributed by atoms with Crippen molar-refractivity contribution in [3.63, 3.8) is 0 Å². The van der Waals surface area contributed by atoms with Crippen LogP contribution in [0.2, 0.25) is 10.0 Å². The molecule has 2 rings (SSSR count). The van der Waals surface area contributed by atoms with Crippen LogP contribution in [-0.4, -0.2) is 16.3 Å². The van der Waals surface area contributed by atoms with Crippen LogP contribution >= 0.6 is 23.2 Å². The molecule has 2 aromatic rings. The van der Waals surface area contributed by atoms with E-state index < -0.39 is 0 Å². The van der Waals surface area contributed by atoms with Gasteiger partial charge >= 0.3 is 0 Å². The summed E-state index contributed by atoms with van der Waals surface area (Å²) in [5.74, 6) is 0. The molecule has 0 aliphatic carbocycles. The van der Waals surface area contributed by atoms with E-state index in [1.807, 2.05) is 22.9 Å². The van der Waals surface area contributed by atoms with Gasteiger partial charge in [-0.05, 0) is 30.3 Å². The van der Waals surface area contributed by atoms with Gasteiger partial charge in [0.25, 0.3) is 0 Å². The fraction of sp³-hybridized carbons (Fsp3) is 0.308. The van der Waals surface area contributed by atoms with Gasteiger partial charge in [0.05, 0.1) is 12.2 Å². The average molecular weight is 284 g/mol. The van der Waals surface area contributed by atoms with Crippen molar-refractivity contribution in [3.05, 3.63) is 51.8 Å². The zero-order valence-corrected chi connectivity index (χ0v) is 11.7. The number of hydrogen-bond acceptors (Lipinski definition) is 2. The molecule has 0 unspecified atom stereocenters. The summed E-state index contributed by atoms with van der Waals surface area (Å²) in [6, 6.07) is 7.54. The molecule has 0 atom stereocenters. The molecule has 18 heavy (non-hydrogen) atoms. The third-order valence-electron chi connectivity index (χ3n) is 2.70. The predicted octanol–water partition coefficient (Wildman–Crippen LogP) is 3.35. The molecule has 5 heteroatoms. The maximum Gasteiger partial charge on any atom is 0.0677 e. The molecule has 0 radical (unpaired) electrons. The Morgan fingerprint density at radius 3 is 2.83 bits per heavy atom. The summed E-state index contributed by atoms with van der Waals surface area (Å²) >= 11 is 12.0. The van der Waals surface area contributed by atoms with Crippen LogP contribution in [0.4, 0.5) is 0 Å². The van der Waals surface area contributed by atoms with Gasteiger partial charge < -0.3 is 5.32 Å². The molecule has 0 fully saturated rings. The van der Waals surface area contributed by atoms with Gasteiger partial charge in [-0.3, -0.25) is 4.68 Å². The van der Waals surface area contributed by atoms with E-state index >= 15 is 0 Å². The zero-order valence-electron chi connectivity index (χ0n) is 10.2. The van der Waals surface area contributed by atoms with Gasteiger partial charge in [-0.25, -0.2) is 0 Å². The molecule has 0 amide bonds. The van der Waals surface area contributed by atoms with E-state index in [9.17, 15) is 0 Å². The molecule has 0 saturated carbocycles. The van der Waals surface area contributed by atoms with E-state index in [0.29, 0.717) is 16.6 Å². The van der Waals surface area contributed by atoms with Crippen LogP contribution in [0.25, 0.3) is 0 Å². The summed E-state index contributed by atoms with van der Waals surface area (Å²) in [6.45, 7) is 4.48. The third-order valence-corrected chi connectivity index (χ3v) is 3.28. The normalized spacial score (nSPS) is 10.8. The van der Waals surface area contributed by atoms with Gasteiger partial charge in [0.1, 0.15) is 0 Å². The highest BCUT2D eigenvalue weighted by Crippen LogP contribution is 2.21. The largest absolute Gasteiger partial charge is 0.311 e. The zero-order chi connectivity index (χ0) is 13.0. The first-order chi connectivity index (χ1) is 8.70. The van der Waals surface area contributed by atoms with Gasteiger partial charge in [-0.2, -0.15) is 5.10 Å². The first kappa shape index (κ1) is 13.4. The fourth-order valence-electron chi connectivity index (χ4n) is 1.72. The SMILES string of the molecule is CCNCc1ccnn1Cc1ccc(Cl)cc1Cl. The lowest BCUT2D eigenvalue weighted by molar-refractivity contribution is 0.606. The van der Waals surface area contributed by atoms with Crippen molar-refractivity contribution in [3.8, 4) is 0 Å². The molecule has 0 aliphatic heterocycles. The van der Waals surface area contributed by atoms with Gasteiger partial charge in [0.15, 0.2) is 0 Å². The molecule has 0 bridgehead atoms. The predicted molar refractivity (Wildman–Crippen MR) is 75.2 cm³/mol. The van der Waals surface area contributed by atoms with Crippen molar-refractivity contribution in [1.29, 1.82) is 0 Å². The number of benzene rings is 1. The molecular weight excluding hydrogens is 269 g/mol. The molecule has 1 aromatic carbocycles. The van der Waals surface area contributed by atoms with E-state index in [4.69, 9.17) is 23.2 Å². The highest BCUT2D eigenvalue weighted by atomic mass is 35.5. The smallest absolute Gasteiger partial charge is 0.0677 e. The minimum Gasteiger partial charge on any atom is -0.311 e. The van der Waals surface area contributed by atoms with Crippen LogP contribution in [0.3, 0.4) is 0 Å². The van der Waals surface area contributed by atoms with Crippen LogP contribution in [0.1, 0.15) is 18.2 Å². The Morgan fingerprint density at radius 2 is 2.11 bits per heavy atom. The van der Waals surface area contributed by atoms with Crippen molar-refractivity contribution in [2.24, 2.45) is 0 Å². The second kappa shape index (κ2) is 6.23. The molecular formula is C13H15Cl2N3. The molecule has 3 nitrogen and oxygen atoms in total. The summed E-state index contributed by atoms with van der Waals surface area (Å²) < 4.78 is 1.94. The monoisotopic (exact) mass is 283 g/mol. The Bertz CT molecular complexity index is 523. The van der Waals surface area contributed by atoms with Gasteiger partial charge in [0, 0.05) is 22.8 Å². The topological polar surface area (TPSA) is 29.9 Å². The van der Waals surface area contributed by atoms with Crippen LogP contribution in [0.15, 0.2) is 30.5 Å². The van der Waals surface area contributed by atoms with Gasteiger partial charge in [0.2, 0.25) is 0 Å². The fourth-order valence-corrected chi connectivity index (χ4v) is 2.19. The molecule has 1 heterocycles. The Balaban J connectivity index is 2.15. The van der Waals surface area contributed by atoms with Crippen LogP contribution < -0.4 is 5.32 Å². The maximum absolute atomic E-state index is 6.16. The minimum atomic E-state index is 0.650. The Labute approximate surface area is 117 Å². The van der Waals surface area contributed by atoms with Gasteiger partial charge in [-0.15, -0.1) is 0 Å². The second-order valence-corrected chi connectivity index (χ2v) is 4.84. The molecule has 1 aromatic heterocycles. The average Bonchev–Trinajstić information content (AvgIpc) is 2.77. The van der Waals surface area contributed by atoms with Crippen LogP contribution in [0, 0.1) is 0 Å². The quantitative estimate of drug-likeness (QED) is 0.912. The van der Waals surface area contributed by atoms with Crippen molar-refractivity contribution in [2.45, 2.75) is 20.0 Å². The van der Waals surface area contributed by atoms with E-state index in [-0.39, 0.29) is 0 Å². The lowest BCUT2D eigenvalue weighted by Crippen LogP contribution is -2.16. The van der Waals surface area contributed by atoms with Crippen molar-refractivity contribution in [2.75, 3.05) is 6.54 Å². The molecule has 96 valence electrons. The number of aromatic nitrogens is 2. The summed E-state index contributed by atoms with van der Waals surface area (Å²) in [7, 11) is 0. The maximum atomic E-state index is 6.16. The lowest BCUT2D eigenvalue weighted by Gasteiger charge is -2.09. The van der Waals surface area contributed by atoms with Crippen molar-refractivity contribution < 1.29 is 0 Å². The minimum absolute atomic E-state index is 0.650. The van der Waals surface area contributed by atoms with Gasteiger partial charge in [-0.1, -0.05) is 36.2 Å². The highest BCUT2D eigenvalue weighted by Gasteiger charge is 2.06. The Kier molecular flexibility index (Phi) is 4.64. The molecule has 0 saturated heterocycles. The summed E-state index contributed by atoms with van der Waals surface area (Å²) in [6.07, 6.45) is 1.80. The first-order valence-electron chi connectivity index (χ1n) is 5.86. The number of nitrogens with one attached hydrogen (secondary N) is 1. The number of hydrogen-bond donors (Lipinski definition) is 1. The van der Waals surface area contributed by atoms with Crippen molar-refractivity contribution >= 4 is 23.2 Å². The van der Waals surface area contributed by atoms with E-state index in [2.05, 4.69) is 17.3 Å². The summed E-state index contributed by atoms with van der Waals surface area (Å²) in [5, 5.41) is 8.92. The number of rotatable bonds is 5. The lowest BCUT2D eigenvalue weighted by atomic mass is 10.2.